The predicted octanol–water partition coefficient (Wildman–Crippen LogP) is 0.815. The molecule has 4 heteroatoms. The quantitative estimate of drug-likeness (QED) is 0.705. The molecule has 0 aromatic carbocycles. The van der Waals surface area contributed by atoms with Crippen LogP contribution in [0.15, 0.2) is 24.5 Å². The lowest BCUT2D eigenvalue weighted by Gasteiger charge is -2.25. The Bertz CT molecular complexity index is 298. The Balaban J connectivity index is 1.77. The van der Waals surface area contributed by atoms with Crippen molar-refractivity contribution in [1.29, 1.82) is 0 Å². The molecule has 2 heterocycles. The molecule has 2 rings (SSSR count). The van der Waals surface area contributed by atoms with E-state index in [0.29, 0.717) is 0 Å². The SMILES string of the molecule is C[N+](CCN1CCOCC1)c1ccncc1. The first kappa shape index (κ1) is 11.5. The molecule has 1 aliphatic rings. The lowest BCUT2D eigenvalue weighted by atomic mass is 10.3. The van der Waals surface area contributed by atoms with Crippen LogP contribution >= 0.6 is 0 Å². The number of likely N-dealkylation sites (N-methyl/N-ethyl adjacent to an activating group) is 1. The minimum Gasteiger partial charge on any atom is -0.379 e. The molecule has 1 saturated heterocycles. The number of nitrogens with zero attached hydrogens (tertiary/aromatic N) is 3. The average Bonchev–Trinajstić information content (AvgIpc) is 2.38. The molecule has 0 bridgehead atoms. The topological polar surface area (TPSA) is 31.3 Å². The molecule has 0 unspecified atom stereocenters. The van der Waals surface area contributed by atoms with Gasteiger partial charge in [0, 0.05) is 37.6 Å². The normalized spacial score (nSPS) is 17.9. The van der Waals surface area contributed by atoms with Gasteiger partial charge in [-0.3, -0.25) is 9.88 Å². The number of anilines is 1. The van der Waals surface area contributed by atoms with Crippen LogP contribution < -0.4 is 4.90 Å². The minimum absolute atomic E-state index is 0.874. The fraction of sp³-hybridized carbons (Fsp3) is 0.583. The summed E-state index contributed by atoms with van der Waals surface area (Å²) in [6.07, 6.45) is 3.67. The standard InChI is InChI=1S/C12H19N3O/c1-14(12-2-4-13-5-3-12)6-7-15-8-10-16-11-9-15/h2-5H,6-11H2,1H3/q+1. The van der Waals surface area contributed by atoms with E-state index in [1.807, 2.05) is 24.5 Å². The summed E-state index contributed by atoms with van der Waals surface area (Å²) in [5.74, 6) is 0. The fourth-order valence-corrected chi connectivity index (χ4v) is 1.84. The van der Waals surface area contributed by atoms with Gasteiger partial charge in [0.2, 0.25) is 0 Å². The highest BCUT2D eigenvalue weighted by Gasteiger charge is 2.16. The van der Waals surface area contributed by atoms with Crippen LogP contribution in [0.1, 0.15) is 0 Å². The molecule has 1 aromatic rings. The molecule has 0 N–H and O–H groups in total. The Hall–Kier alpha value is -0.970. The van der Waals surface area contributed by atoms with Gasteiger partial charge in [-0.05, 0) is 0 Å². The molecule has 0 saturated carbocycles. The van der Waals surface area contributed by atoms with E-state index in [-0.39, 0.29) is 0 Å². The summed E-state index contributed by atoms with van der Waals surface area (Å²) in [4.78, 5) is 8.73. The van der Waals surface area contributed by atoms with E-state index in [0.717, 1.165) is 39.4 Å². The molecule has 1 aromatic heterocycles. The summed E-state index contributed by atoms with van der Waals surface area (Å²) >= 11 is 0. The second kappa shape index (κ2) is 5.94. The predicted molar refractivity (Wildman–Crippen MR) is 64.1 cm³/mol. The zero-order valence-corrected chi connectivity index (χ0v) is 9.80. The van der Waals surface area contributed by atoms with Crippen molar-refractivity contribution in [1.82, 2.24) is 14.8 Å². The van der Waals surface area contributed by atoms with Gasteiger partial charge in [-0.1, -0.05) is 0 Å². The van der Waals surface area contributed by atoms with Crippen molar-refractivity contribution in [2.45, 2.75) is 0 Å². The third-order valence-electron chi connectivity index (χ3n) is 2.96. The third-order valence-corrected chi connectivity index (χ3v) is 2.96. The van der Waals surface area contributed by atoms with Crippen LogP contribution in [-0.4, -0.2) is 56.3 Å². The number of ether oxygens (including phenoxy) is 1. The number of pyridine rings is 1. The van der Waals surface area contributed by atoms with Crippen molar-refractivity contribution in [2.75, 3.05) is 46.4 Å². The van der Waals surface area contributed by atoms with Gasteiger partial charge >= 0.3 is 0 Å². The summed E-state index contributed by atoms with van der Waals surface area (Å²) in [6.45, 7) is 6.01. The van der Waals surface area contributed by atoms with E-state index in [9.17, 15) is 0 Å². The molecule has 1 aliphatic heterocycles. The second-order valence-corrected chi connectivity index (χ2v) is 4.08. The van der Waals surface area contributed by atoms with Gasteiger partial charge in [0.05, 0.1) is 19.8 Å². The molecule has 87 valence electrons. The van der Waals surface area contributed by atoms with Gasteiger partial charge < -0.3 is 4.74 Å². The van der Waals surface area contributed by atoms with Crippen LogP contribution in [0.3, 0.4) is 0 Å². The van der Waals surface area contributed by atoms with Gasteiger partial charge in [0.15, 0.2) is 5.69 Å². The van der Waals surface area contributed by atoms with Crippen molar-refractivity contribution in [3.8, 4) is 0 Å². The van der Waals surface area contributed by atoms with Crippen LogP contribution in [-0.2, 0) is 4.74 Å². The smallest absolute Gasteiger partial charge is 0.183 e. The highest BCUT2D eigenvalue weighted by Crippen LogP contribution is 2.08. The van der Waals surface area contributed by atoms with Gasteiger partial charge in [0.25, 0.3) is 0 Å². The van der Waals surface area contributed by atoms with E-state index in [1.165, 1.54) is 5.69 Å². The lowest BCUT2D eigenvalue weighted by molar-refractivity contribution is 0.0377. The number of hydrogen-bond donors (Lipinski definition) is 0. The van der Waals surface area contributed by atoms with Gasteiger partial charge in [-0.25, -0.2) is 0 Å². The number of hydrogen-bond acceptors (Lipinski definition) is 4. The van der Waals surface area contributed by atoms with E-state index >= 15 is 0 Å². The molecule has 0 amide bonds. The Morgan fingerprint density at radius 2 is 2.00 bits per heavy atom. The van der Waals surface area contributed by atoms with E-state index in [4.69, 9.17) is 4.74 Å². The first-order valence-electron chi connectivity index (χ1n) is 5.77. The fourth-order valence-electron chi connectivity index (χ4n) is 1.84. The van der Waals surface area contributed by atoms with Gasteiger partial charge in [0.1, 0.15) is 13.6 Å². The summed E-state index contributed by atoms with van der Waals surface area (Å²) in [7, 11) is 2.12. The average molecular weight is 221 g/mol. The summed E-state index contributed by atoms with van der Waals surface area (Å²) < 4.78 is 5.33. The maximum Gasteiger partial charge on any atom is 0.183 e. The Kier molecular flexibility index (Phi) is 4.27. The second-order valence-electron chi connectivity index (χ2n) is 4.08. The highest BCUT2D eigenvalue weighted by molar-refractivity contribution is 5.35. The van der Waals surface area contributed by atoms with Crippen molar-refractivity contribution < 1.29 is 4.74 Å². The van der Waals surface area contributed by atoms with Gasteiger partial charge in [-0.15, -0.1) is 4.90 Å². The monoisotopic (exact) mass is 221 g/mol. The summed E-state index contributed by atoms with van der Waals surface area (Å²) in [5.41, 5.74) is 1.23. The van der Waals surface area contributed by atoms with Crippen LogP contribution in [0.25, 0.3) is 0 Å². The molecule has 0 atom stereocenters. The minimum atomic E-state index is 0.874. The molecule has 1 fully saturated rings. The molecule has 0 spiro atoms. The van der Waals surface area contributed by atoms with Crippen molar-refractivity contribution in [3.05, 3.63) is 24.5 Å². The largest absolute Gasteiger partial charge is 0.379 e. The zero-order chi connectivity index (χ0) is 11.2. The van der Waals surface area contributed by atoms with Crippen LogP contribution in [0.5, 0.6) is 0 Å². The highest BCUT2D eigenvalue weighted by atomic mass is 16.5. The Morgan fingerprint density at radius 1 is 1.31 bits per heavy atom. The van der Waals surface area contributed by atoms with Crippen LogP contribution in [0.4, 0.5) is 5.69 Å². The Labute approximate surface area is 96.8 Å². The number of rotatable bonds is 4. The van der Waals surface area contributed by atoms with Crippen molar-refractivity contribution in [2.24, 2.45) is 0 Å². The first-order chi connectivity index (χ1) is 7.86. The molecular formula is C12H19N3O+. The van der Waals surface area contributed by atoms with Crippen molar-refractivity contribution in [3.63, 3.8) is 0 Å². The maximum atomic E-state index is 5.33. The molecule has 4 nitrogen and oxygen atoms in total. The van der Waals surface area contributed by atoms with Crippen LogP contribution in [0, 0.1) is 0 Å². The Morgan fingerprint density at radius 3 is 2.69 bits per heavy atom. The van der Waals surface area contributed by atoms with E-state index in [2.05, 4.69) is 21.8 Å². The van der Waals surface area contributed by atoms with Crippen LogP contribution in [0.2, 0.25) is 0 Å². The van der Waals surface area contributed by atoms with E-state index < -0.39 is 0 Å². The maximum absolute atomic E-state index is 5.33. The first-order valence-corrected chi connectivity index (χ1v) is 5.77. The molecule has 1 radical (unpaired) electrons. The third kappa shape index (κ3) is 3.27. The van der Waals surface area contributed by atoms with Gasteiger partial charge in [-0.2, -0.15) is 0 Å². The molecule has 16 heavy (non-hydrogen) atoms. The summed E-state index contributed by atoms with van der Waals surface area (Å²) in [6, 6.07) is 4.08. The number of morpholine rings is 1. The number of aromatic nitrogens is 1. The lowest BCUT2D eigenvalue weighted by Crippen LogP contribution is -2.41. The van der Waals surface area contributed by atoms with Crippen molar-refractivity contribution >= 4 is 5.69 Å². The summed E-state index contributed by atoms with van der Waals surface area (Å²) in [5, 5.41) is 0. The zero-order valence-electron chi connectivity index (χ0n) is 9.80. The molecular weight excluding hydrogens is 202 g/mol. The molecule has 0 aliphatic carbocycles. The van der Waals surface area contributed by atoms with E-state index in [1.54, 1.807) is 0 Å².